The summed E-state index contributed by atoms with van der Waals surface area (Å²) in [6.45, 7) is 3.04. The first kappa shape index (κ1) is 17.3. The highest BCUT2D eigenvalue weighted by atomic mass is 19.1. The molecule has 1 fully saturated rings. The number of ether oxygens (including phenoxy) is 1. The molecular formula is C18H20FN3O3. The molecule has 0 unspecified atom stereocenters. The van der Waals surface area contributed by atoms with E-state index < -0.39 is 11.5 Å². The van der Waals surface area contributed by atoms with Crippen molar-refractivity contribution in [2.75, 3.05) is 13.2 Å². The maximum atomic E-state index is 13.9. The fraction of sp³-hybridized carbons (Fsp3) is 0.389. The highest BCUT2D eigenvalue weighted by molar-refractivity contribution is 5.93. The van der Waals surface area contributed by atoms with Crippen LogP contribution in [0.25, 0.3) is 0 Å². The van der Waals surface area contributed by atoms with Crippen molar-refractivity contribution in [2.45, 2.75) is 32.4 Å². The minimum atomic E-state index is -0.577. The Hall–Kier alpha value is -2.54. The number of hydrogen-bond donors (Lipinski definition) is 1. The molecule has 0 atom stereocenters. The Balaban J connectivity index is 1.83. The lowest BCUT2D eigenvalue weighted by molar-refractivity contribution is 0.0695. The van der Waals surface area contributed by atoms with Gasteiger partial charge in [-0.3, -0.25) is 9.59 Å². The molecular weight excluding hydrogens is 325 g/mol. The van der Waals surface area contributed by atoms with Gasteiger partial charge in [0.05, 0.1) is 6.54 Å². The third-order valence-electron chi connectivity index (χ3n) is 4.29. The fourth-order valence-corrected chi connectivity index (χ4v) is 2.81. The van der Waals surface area contributed by atoms with E-state index >= 15 is 0 Å². The second-order valence-electron chi connectivity index (χ2n) is 6.09. The molecule has 3 rings (SSSR count). The van der Waals surface area contributed by atoms with Crippen LogP contribution in [-0.4, -0.2) is 34.7 Å². The quantitative estimate of drug-likeness (QED) is 0.914. The second kappa shape index (κ2) is 7.57. The predicted molar refractivity (Wildman–Crippen MR) is 90.0 cm³/mol. The number of carbonyl (C=O) groups is 1. The van der Waals surface area contributed by atoms with Gasteiger partial charge in [-0.25, -0.2) is 4.39 Å². The Morgan fingerprint density at radius 2 is 2.08 bits per heavy atom. The molecule has 0 spiro atoms. The molecule has 0 radical (unpaired) electrons. The van der Waals surface area contributed by atoms with Crippen molar-refractivity contribution in [1.29, 1.82) is 0 Å². The zero-order valence-corrected chi connectivity index (χ0v) is 14.0. The maximum absolute atomic E-state index is 13.9. The van der Waals surface area contributed by atoms with Gasteiger partial charge in [0, 0.05) is 31.0 Å². The summed E-state index contributed by atoms with van der Waals surface area (Å²) in [6, 6.07) is 6.38. The number of hydrogen-bond acceptors (Lipinski definition) is 4. The van der Waals surface area contributed by atoms with Gasteiger partial charge >= 0.3 is 0 Å². The fourth-order valence-electron chi connectivity index (χ4n) is 2.81. The molecule has 1 N–H and O–H groups in total. The van der Waals surface area contributed by atoms with Gasteiger partial charge in [0.25, 0.3) is 11.5 Å². The summed E-state index contributed by atoms with van der Waals surface area (Å²) in [5.41, 5.74) is -0.146. The molecule has 1 amide bonds. The minimum Gasteiger partial charge on any atom is -0.381 e. The first-order chi connectivity index (χ1) is 12.0. The molecule has 7 heteroatoms. The van der Waals surface area contributed by atoms with Gasteiger partial charge in [-0.15, -0.1) is 0 Å². The summed E-state index contributed by atoms with van der Waals surface area (Å²) in [4.78, 5) is 28.5. The zero-order valence-electron chi connectivity index (χ0n) is 14.0. The smallest absolute Gasteiger partial charge is 0.285 e. The van der Waals surface area contributed by atoms with Crippen LogP contribution in [0.4, 0.5) is 4.39 Å². The number of nitrogens with zero attached hydrogens (tertiary/aromatic N) is 2. The van der Waals surface area contributed by atoms with Crippen LogP contribution in [-0.2, 0) is 11.3 Å². The lowest BCUT2D eigenvalue weighted by atomic mass is 10.1. The van der Waals surface area contributed by atoms with Gasteiger partial charge in [-0.05, 0) is 25.8 Å². The van der Waals surface area contributed by atoms with Crippen LogP contribution in [0.15, 0.2) is 35.3 Å². The van der Waals surface area contributed by atoms with Crippen LogP contribution >= 0.6 is 0 Å². The van der Waals surface area contributed by atoms with E-state index in [2.05, 4.69) is 10.3 Å². The van der Waals surface area contributed by atoms with Crippen molar-refractivity contribution in [3.8, 4) is 0 Å². The lowest BCUT2D eigenvalue weighted by Crippen LogP contribution is -2.41. The van der Waals surface area contributed by atoms with Crippen LogP contribution in [0.1, 0.15) is 34.6 Å². The van der Waals surface area contributed by atoms with E-state index in [1.807, 2.05) is 0 Å². The van der Waals surface area contributed by atoms with Gasteiger partial charge in [-0.2, -0.15) is 4.98 Å². The van der Waals surface area contributed by atoms with E-state index in [1.165, 1.54) is 12.3 Å². The van der Waals surface area contributed by atoms with Gasteiger partial charge < -0.3 is 14.6 Å². The largest absolute Gasteiger partial charge is 0.381 e. The number of carbonyl (C=O) groups excluding carboxylic acids is 1. The topological polar surface area (TPSA) is 73.2 Å². The summed E-state index contributed by atoms with van der Waals surface area (Å²) in [7, 11) is 0. The summed E-state index contributed by atoms with van der Waals surface area (Å²) < 4.78 is 20.7. The SMILES string of the molecule is Cc1nc(=O)c(C(=O)NC2CCOCC2)cn1Cc1ccccc1F. The van der Waals surface area contributed by atoms with Crippen LogP contribution in [0, 0.1) is 12.7 Å². The normalized spacial score (nSPS) is 15.1. The number of benzene rings is 1. The number of amides is 1. The predicted octanol–water partition coefficient (Wildman–Crippen LogP) is 1.65. The molecule has 6 nitrogen and oxygen atoms in total. The number of halogens is 1. The van der Waals surface area contributed by atoms with E-state index in [-0.39, 0.29) is 24.0 Å². The van der Waals surface area contributed by atoms with E-state index in [0.717, 1.165) is 0 Å². The lowest BCUT2D eigenvalue weighted by Gasteiger charge is -2.23. The molecule has 1 saturated heterocycles. The van der Waals surface area contributed by atoms with Crippen molar-refractivity contribution in [3.63, 3.8) is 0 Å². The Morgan fingerprint density at radius 3 is 2.80 bits per heavy atom. The number of aromatic nitrogens is 2. The molecule has 2 aromatic rings. The van der Waals surface area contributed by atoms with Gasteiger partial charge in [0.2, 0.25) is 0 Å². The molecule has 1 aromatic heterocycles. The van der Waals surface area contributed by atoms with Crippen molar-refractivity contribution < 1.29 is 13.9 Å². The number of nitrogens with one attached hydrogen (secondary N) is 1. The van der Waals surface area contributed by atoms with Gasteiger partial charge in [0.15, 0.2) is 0 Å². The number of aryl methyl sites for hydroxylation is 1. The average Bonchev–Trinajstić information content (AvgIpc) is 2.60. The molecule has 0 saturated carbocycles. The van der Waals surface area contributed by atoms with Crippen molar-refractivity contribution >= 4 is 5.91 Å². The monoisotopic (exact) mass is 345 g/mol. The van der Waals surface area contributed by atoms with Crippen LogP contribution in [0.3, 0.4) is 0 Å². The first-order valence-corrected chi connectivity index (χ1v) is 8.24. The van der Waals surface area contributed by atoms with Crippen molar-refractivity contribution in [2.24, 2.45) is 0 Å². The molecule has 0 bridgehead atoms. The molecule has 1 aliphatic heterocycles. The van der Waals surface area contributed by atoms with E-state index in [9.17, 15) is 14.0 Å². The molecule has 1 aromatic carbocycles. The van der Waals surface area contributed by atoms with Crippen LogP contribution in [0.2, 0.25) is 0 Å². The highest BCUT2D eigenvalue weighted by Crippen LogP contribution is 2.11. The summed E-state index contributed by atoms with van der Waals surface area (Å²) in [6.07, 6.45) is 2.88. The Kier molecular flexibility index (Phi) is 5.23. The van der Waals surface area contributed by atoms with Gasteiger partial charge in [0.1, 0.15) is 17.2 Å². The van der Waals surface area contributed by atoms with Crippen LogP contribution in [0.5, 0.6) is 0 Å². The molecule has 132 valence electrons. The maximum Gasteiger partial charge on any atom is 0.285 e. The summed E-state index contributed by atoms with van der Waals surface area (Å²) in [5, 5.41) is 2.85. The Labute approximate surface area is 144 Å². The number of rotatable bonds is 4. The van der Waals surface area contributed by atoms with Gasteiger partial charge in [-0.1, -0.05) is 18.2 Å². The van der Waals surface area contributed by atoms with E-state index in [4.69, 9.17) is 4.74 Å². The first-order valence-electron chi connectivity index (χ1n) is 8.24. The average molecular weight is 345 g/mol. The van der Waals surface area contributed by atoms with E-state index in [1.54, 1.807) is 29.7 Å². The molecule has 1 aliphatic rings. The third-order valence-corrected chi connectivity index (χ3v) is 4.29. The molecule has 2 heterocycles. The Morgan fingerprint density at radius 1 is 1.36 bits per heavy atom. The summed E-state index contributed by atoms with van der Waals surface area (Å²) in [5.74, 6) is -0.364. The standard InChI is InChI=1S/C18H20FN3O3/c1-12-20-17(23)15(18(24)21-14-6-8-25-9-7-14)11-22(12)10-13-4-2-3-5-16(13)19/h2-5,11,14H,6-10H2,1H3,(H,21,24). The summed E-state index contributed by atoms with van der Waals surface area (Å²) >= 11 is 0. The second-order valence-corrected chi connectivity index (χ2v) is 6.09. The van der Waals surface area contributed by atoms with Crippen molar-refractivity contribution in [1.82, 2.24) is 14.9 Å². The van der Waals surface area contributed by atoms with Crippen molar-refractivity contribution in [3.05, 3.63) is 63.6 Å². The zero-order chi connectivity index (χ0) is 17.8. The van der Waals surface area contributed by atoms with E-state index in [0.29, 0.717) is 37.4 Å². The minimum absolute atomic E-state index is 0.0121. The van der Waals surface area contributed by atoms with Crippen LogP contribution < -0.4 is 10.9 Å². The Bertz CT molecular complexity index is 829. The highest BCUT2D eigenvalue weighted by Gasteiger charge is 2.20. The molecule has 0 aliphatic carbocycles. The third kappa shape index (κ3) is 4.11. The molecule has 25 heavy (non-hydrogen) atoms.